The number of ether oxygens (including phenoxy) is 3. The second-order valence-electron chi connectivity index (χ2n) is 5.33. The van der Waals surface area contributed by atoms with Crippen LogP contribution in [0.1, 0.15) is 30.1 Å². The molecule has 0 radical (unpaired) electrons. The van der Waals surface area contributed by atoms with Crippen molar-refractivity contribution in [3.05, 3.63) is 53.1 Å². The molecule has 0 spiro atoms. The van der Waals surface area contributed by atoms with Crippen LogP contribution in [0.25, 0.3) is 0 Å². The highest BCUT2D eigenvalue weighted by Gasteiger charge is 2.10. The monoisotopic (exact) mass is 363 g/mol. The maximum absolute atomic E-state index is 11.7. The first-order chi connectivity index (χ1) is 12.1. The molecule has 0 amide bonds. The SMILES string of the molecule is CCOC(=O)c1ccc(N)c(OCCCCOc2ccc(Cl)cc2)c1. The standard InChI is InChI=1S/C19H22ClNO4/c1-2-23-19(22)14-5-10-17(21)18(13-14)25-12-4-3-11-24-16-8-6-15(20)7-9-16/h5-10,13H,2-4,11-12,21H2,1H3. The van der Waals surface area contributed by atoms with Gasteiger partial charge in [0.2, 0.25) is 0 Å². The highest BCUT2D eigenvalue weighted by molar-refractivity contribution is 6.30. The third-order valence-electron chi connectivity index (χ3n) is 3.40. The second-order valence-corrected chi connectivity index (χ2v) is 5.77. The van der Waals surface area contributed by atoms with Gasteiger partial charge in [0.05, 0.1) is 31.1 Å². The fourth-order valence-electron chi connectivity index (χ4n) is 2.11. The maximum Gasteiger partial charge on any atom is 0.338 e. The molecule has 6 heteroatoms. The molecule has 0 aliphatic rings. The predicted octanol–water partition coefficient (Wildman–Crippen LogP) is 4.34. The van der Waals surface area contributed by atoms with Crippen LogP contribution in [0.15, 0.2) is 42.5 Å². The quantitative estimate of drug-likeness (QED) is 0.407. The first-order valence-corrected chi connectivity index (χ1v) is 8.55. The van der Waals surface area contributed by atoms with Crippen molar-refractivity contribution < 1.29 is 19.0 Å². The molecule has 0 saturated heterocycles. The lowest BCUT2D eigenvalue weighted by molar-refractivity contribution is 0.0526. The van der Waals surface area contributed by atoms with Gasteiger partial charge >= 0.3 is 5.97 Å². The third kappa shape index (κ3) is 6.19. The molecule has 0 aromatic heterocycles. The normalized spacial score (nSPS) is 10.3. The Morgan fingerprint density at radius 1 is 1.04 bits per heavy atom. The predicted molar refractivity (Wildman–Crippen MR) is 98.5 cm³/mol. The average Bonchev–Trinajstić information content (AvgIpc) is 2.61. The molecule has 0 aliphatic carbocycles. The minimum atomic E-state index is -0.385. The number of nitrogens with two attached hydrogens (primary N) is 1. The van der Waals surface area contributed by atoms with Gasteiger partial charge in [-0.15, -0.1) is 0 Å². The molecule has 2 aromatic rings. The first-order valence-electron chi connectivity index (χ1n) is 8.18. The van der Waals surface area contributed by atoms with Crippen LogP contribution in [0.4, 0.5) is 5.69 Å². The number of hydrogen-bond acceptors (Lipinski definition) is 5. The summed E-state index contributed by atoms with van der Waals surface area (Å²) in [5.41, 5.74) is 6.80. The summed E-state index contributed by atoms with van der Waals surface area (Å²) in [5.74, 6) is 0.893. The first kappa shape index (κ1) is 18.9. The lowest BCUT2D eigenvalue weighted by Crippen LogP contribution is -2.07. The van der Waals surface area contributed by atoms with Crippen molar-refractivity contribution in [2.75, 3.05) is 25.6 Å². The molecule has 0 saturated carbocycles. The minimum Gasteiger partial charge on any atom is -0.494 e. The Morgan fingerprint density at radius 2 is 1.72 bits per heavy atom. The van der Waals surface area contributed by atoms with Crippen molar-refractivity contribution >= 4 is 23.3 Å². The fourth-order valence-corrected chi connectivity index (χ4v) is 2.23. The van der Waals surface area contributed by atoms with Gasteiger partial charge in [-0.3, -0.25) is 0 Å². The Balaban J connectivity index is 1.73. The van der Waals surface area contributed by atoms with Crippen molar-refractivity contribution in [3.63, 3.8) is 0 Å². The van der Waals surface area contributed by atoms with E-state index in [9.17, 15) is 4.79 Å². The van der Waals surface area contributed by atoms with Gasteiger partial charge in [0.1, 0.15) is 11.5 Å². The third-order valence-corrected chi connectivity index (χ3v) is 3.66. The van der Waals surface area contributed by atoms with E-state index in [0.29, 0.717) is 41.8 Å². The summed E-state index contributed by atoms with van der Waals surface area (Å²) in [4.78, 5) is 11.7. The number of carbonyl (C=O) groups excluding carboxylic acids is 1. The summed E-state index contributed by atoms with van der Waals surface area (Å²) in [5, 5.41) is 0.684. The van der Waals surface area contributed by atoms with Gasteiger partial charge in [0.25, 0.3) is 0 Å². The molecule has 2 N–H and O–H groups in total. The van der Waals surface area contributed by atoms with Gasteiger partial charge in [-0.05, 0) is 62.2 Å². The van der Waals surface area contributed by atoms with Gasteiger partial charge in [-0.2, -0.15) is 0 Å². The molecule has 0 unspecified atom stereocenters. The molecular formula is C19H22ClNO4. The van der Waals surface area contributed by atoms with Crippen LogP contribution in [0, 0.1) is 0 Å². The summed E-state index contributed by atoms with van der Waals surface area (Å²) in [7, 11) is 0. The highest BCUT2D eigenvalue weighted by Crippen LogP contribution is 2.23. The number of hydrogen-bond donors (Lipinski definition) is 1. The number of unbranched alkanes of at least 4 members (excludes halogenated alkanes) is 1. The van der Waals surface area contributed by atoms with E-state index in [2.05, 4.69) is 0 Å². The molecule has 0 aliphatic heterocycles. The molecule has 2 aromatic carbocycles. The molecule has 0 bridgehead atoms. The van der Waals surface area contributed by atoms with Crippen molar-refractivity contribution in [1.82, 2.24) is 0 Å². The van der Waals surface area contributed by atoms with E-state index >= 15 is 0 Å². The van der Waals surface area contributed by atoms with Crippen LogP contribution in [0.5, 0.6) is 11.5 Å². The molecular weight excluding hydrogens is 342 g/mol. The topological polar surface area (TPSA) is 70.8 Å². The lowest BCUT2D eigenvalue weighted by atomic mass is 10.2. The zero-order valence-electron chi connectivity index (χ0n) is 14.2. The van der Waals surface area contributed by atoms with Gasteiger partial charge in [0, 0.05) is 5.02 Å². The number of carbonyl (C=O) groups is 1. The van der Waals surface area contributed by atoms with E-state index in [1.165, 1.54) is 0 Å². The van der Waals surface area contributed by atoms with Crippen LogP contribution in [0.3, 0.4) is 0 Å². The Labute approximate surface area is 152 Å². The Kier molecular flexibility index (Phi) is 7.41. The Hall–Kier alpha value is -2.40. The second kappa shape index (κ2) is 9.79. The van der Waals surface area contributed by atoms with Crippen LogP contribution < -0.4 is 15.2 Å². The van der Waals surface area contributed by atoms with Crippen LogP contribution in [-0.2, 0) is 4.74 Å². The summed E-state index contributed by atoms with van der Waals surface area (Å²) in [6.45, 7) is 3.16. The van der Waals surface area contributed by atoms with E-state index in [4.69, 9.17) is 31.5 Å². The van der Waals surface area contributed by atoms with E-state index in [-0.39, 0.29) is 5.97 Å². The largest absolute Gasteiger partial charge is 0.494 e. The summed E-state index contributed by atoms with van der Waals surface area (Å²) >= 11 is 5.82. The van der Waals surface area contributed by atoms with E-state index in [1.807, 2.05) is 12.1 Å². The zero-order chi connectivity index (χ0) is 18.1. The van der Waals surface area contributed by atoms with Crippen molar-refractivity contribution in [2.24, 2.45) is 0 Å². The fraction of sp³-hybridized carbons (Fsp3) is 0.316. The molecule has 0 atom stereocenters. The summed E-state index contributed by atoms with van der Waals surface area (Å²) < 4.78 is 16.3. The van der Waals surface area contributed by atoms with Gasteiger partial charge in [-0.25, -0.2) is 4.79 Å². The molecule has 2 rings (SSSR count). The van der Waals surface area contributed by atoms with Crippen molar-refractivity contribution in [1.29, 1.82) is 0 Å². The minimum absolute atomic E-state index is 0.326. The maximum atomic E-state index is 11.7. The van der Waals surface area contributed by atoms with E-state index in [0.717, 1.165) is 18.6 Å². The number of benzene rings is 2. The van der Waals surface area contributed by atoms with Gasteiger partial charge in [-0.1, -0.05) is 11.6 Å². The van der Waals surface area contributed by atoms with E-state index < -0.39 is 0 Å². The average molecular weight is 364 g/mol. The van der Waals surface area contributed by atoms with Crippen molar-refractivity contribution in [2.45, 2.75) is 19.8 Å². The van der Waals surface area contributed by atoms with Gasteiger partial charge < -0.3 is 19.9 Å². The van der Waals surface area contributed by atoms with Crippen LogP contribution in [0.2, 0.25) is 5.02 Å². The van der Waals surface area contributed by atoms with Gasteiger partial charge in [0.15, 0.2) is 0 Å². The molecule has 0 fully saturated rings. The number of anilines is 1. The Morgan fingerprint density at radius 3 is 2.40 bits per heavy atom. The van der Waals surface area contributed by atoms with Crippen LogP contribution >= 0.6 is 11.6 Å². The molecule has 0 heterocycles. The summed E-state index contributed by atoms with van der Waals surface area (Å²) in [6, 6.07) is 12.1. The highest BCUT2D eigenvalue weighted by atomic mass is 35.5. The number of nitrogen functional groups attached to an aromatic ring is 1. The number of rotatable bonds is 9. The molecule has 5 nitrogen and oxygen atoms in total. The smallest absolute Gasteiger partial charge is 0.338 e. The summed E-state index contributed by atoms with van der Waals surface area (Å²) in [6.07, 6.45) is 1.64. The van der Waals surface area contributed by atoms with Crippen molar-refractivity contribution in [3.8, 4) is 11.5 Å². The zero-order valence-corrected chi connectivity index (χ0v) is 14.9. The molecule has 134 valence electrons. The number of esters is 1. The lowest BCUT2D eigenvalue weighted by Gasteiger charge is -2.11. The van der Waals surface area contributed by atoms with E-state index in [1.54, 1.807) is 37.3 Å². The molecule has 25 heavy (non-hydrogen) atoms. The number of halogens is 1. The Bertz CT molecular complexity index is 688. The van der Waals surface area contributed by atoms with Crippen LogP contribution in [-0.4, -0.2) is 25.8 Å².